The van der Waals surface area contributed by atoms with Gasteiger partial charge in [0.2, 0.25) is 15.9 Å². The van der Waals surface area contributed by atoms with Gasteiger partial charge in [0.25, 0.3) is 0 Å². The number of carbonyl (C=O) groups excluding carboxylic acids is 1. The molecule has 0 radical (unpaired) electrons. The van der Waals surface area contributed by atoms with Crippen LogP contribution in [-0.2, 0) is 28.4 Å². The second-order valence-corrected chi connectivity index (χ2v) is 9.20. The van der Waals surface area contributed by atoms with Crippen molar-refractivity contribution in [3.05, 3.63) is 48.0 Å². The Hall–Kier alpha value is -2.30. The maximum atomic E-state index is 13.1. The summed E-state index contributed by atoms with van der Waals surface area (Å²) < 4.78 is 41.8. The maximum Gasteiger partial charge on any atom is 0.243 e. The van der Waals surface area contributed by atoms with Gasteiger partial charge in [0.1, 0.15) is 5.82 Å². The van der Waals surface area contributed by atoms with Crippen LogP contribution in [0.3, 0.4) is 0 Å². The fourth-order valence-corrected chi connectivity index (χ4v) is 4.80. The lowest BCUT2D eigenvalue weighted by atomic mass is 10.3. The number of hydrogen-bond donors (Lipinski definition) is 0. The van der Waals surface area contributed by atoms with Crippen LogP contribution < -0.4 is 0 Å². The Bertz CT molecular complexity index is 945. The molecule has 1 aromatic heterocycles. The molecule has 0 unspecified atom stereocenters. The number of aromatic nitrogens is 2. The van der Waals surface area contributed by atoms with Gasteiger partial charge in [0, 0.05) is 52.0 Å². The van der Waals surface area contributed by atoms with Gasteiger partial charge in [-0.25, -0.2) is 12.8 Å². The van der Waals surface area contributed by atoms with Crippen molar-refractivity contribution in [3.63, 3.8) is 0 Å². The van der Waals surface area contributed by atoms with E-state index in [4.69, 9.17) is 0 Å². The summed E-state index contributed by atoms with van der Waals surface area (Å²) >= 11 is 0. The molecule has 1 fully saturated rings. The van der Waals surface area contributed by atoms with Gasteiger partial charge < -0.3 is 4.90 Å². The monoisotopic (exact) mass is 423 g/mol. The van der Waals surface area contributed by atoms with Crippen molar-refractivity contribution in [2.24, 2.45) is 7.05 Å². The van der Waals surface area contributed by atoms with Crippen LogP contribution in [0, 0.1) is 5.82 Å². The number of nitrogens with zero attached hydrogens (tertiary/aromatic N) is 5. The highest BCUT2D eigenvalue weighted by Gasteiger charge is 2.27. The van der Waals surface area contributed by atoms with E-state index < -0.39 is 15.8 Å². The zero-order valence-electron chi connectivity index (χ0n) is 16.7. The molecule has 3 rings (SSSR count). The molecule has 0 atom stereocenters. The van der Waals surface area contributed by atoms with Crippen LogP contribution in [0.15, 0.2) is 41.6 Å². The minimum absolute atomic E-state index is 0.0244. The molecular formula is C19H26FN5O3S. The zero-order valence-corrected chi connectivity index (χ0v) is 17.5. The van der Waals surface area contributed by atoms with Gasteiger partial charge >= 0.3 is 0 Å². The molecule has 2 aromatic rings. The molecule has 1 aliphatic rings. The molecule has 1 saturated heterocycles. The minimum Gasteiger partial charge on any atom is -0.340 e. The number of likely N-dealkylation sites (N-methyl/N-ethyl adjacent to an activating group) is 1. The van der Waals surface area contributed by atoms with Crippen LogP contribution in [-0.4, -0.2) is 78.0 Å². The number of aryl methyl sites for hydroxylation is 1. The zero-order chi connectivity index (χ0) is 21.0. The fourth-order valence-electron chi connectivity index (χ4n) is 3.33. The van der Waals surface area contributed by atoms with Crippen LogP contribution in [0.1, 0.15) is 12.0 Å². The first-order chi connectivity index (χ1) is 13.8. The quantitative estimate of drug-likeness (QED) is 0.690. The minimum atomic E-state index is -3.67. The summed E-state index contributed by atoms with van der Waals surface area (Å²) in [6, 6.07) is 4.86. The Morgan fingerprint density at radius 1 is 1.17 bits per heavy atom. The normalized spacial score (nSPS) is 16.5. The molecule has 0 aliphatic carbocycles. The van der Waals surface area contributed by atoms with Crippen LogP contribution in [0.4, 0.5) is 4.39 Å². The molecule has 8 nitrogen and oxygen atoms in total. The summed E-state index contributed by atoms with van der Waals surface area (Å²) in [5.74, 6) is -0.497. The van der Waals surface area contributed by atoms with Crippen LogP contribution in [0.2, 0.25) is 0 Å². The number of carbonyl (C=O) groups is 1. The summed E-state index contributed by atoms with van der Waals surface area (Å²) in [5.41, 5.74) is 0.954. The van der Waals surface area contributed by atoms with Crippen molar-refractivity contribution in [3.8, 4) is 0 Å². The largest absolute Gasteiger partial charge is 0.340 e. The van der Waals surface area contributed by atoms with Crippen LogP contribution >= 0.6 is 0 Å². The van der Waals surface area contributed by atoms with Crippen molar-refractivity contribution in [1.29, 1.82) is 0 Å². The van der Waals surface area contributed by atoms with Crippen LogP contribution in [0.5, 0.6) is 0 Å². The lowest BCUT2D eigenvalue weighted by Crippen LogP contribution is -2.40. The van der Waals surface area contributed by atoms with E-state index in [0.717, 1.165) is 17.7 Å². The van der Waals surface area contributed by atoms with Gasteiger partial charge in [-0.1, -0.05) is 0 Å². The van der Waals surface area contributed by atoms with E-state index in [1.165, 1.54) is 16.4 Å². The second-order valence-electron chi connectivity index (χ2n) is 7.26. The number of hydrogen-bond acceptors (Lipinski definition) is 5. The molecule has 0 N–H and O–H groups in total. The van der Waals surface area contributed by atoms with Gasteiger partial charge in [-0.2, -0.15) is 9.40 Å². The molecular weight excluding hydrogens is 397 g/mol. The number of benzene rings is 1. The number of sulfonamides is 1. The molecule has 0 bridgehead atoms. The predicted molar refractivity (Wildman–Crippen MR) is 106 cm³/mol. The summed E-state index contributed by atoms with van der Waals surface area (Å²) in [4.78, 5) is 16.3. The van der Waals surface area contributed by atoms with Crippen molar-refractivity contribution < 1.29 is 17.6 Å². The molecule has 10 heteroatoms. The van der Waals surface area contributed by atoms with E-state index in [2.05, 4.69) is 5.10 Å². The highest BCUT2D eigenvalue weighted by molar-refractivity contribution is 7.89. The highest BCUT2D eigenvalue weighted by atomic mass is 32.2. The van der Waals surface area contributed by atoms with Crippen molar-refractivity contribution in [2.75, 3.05) is 39.8 Å². The summed E-state index contributed by atoms with van der Waals surface area (Å²) in [7, 11) is -0.0972. The van der Waals surface area contributed by atoms with E-state index in [9.17, 15) is 17.6 Å². The Balaban J connectivity index is 1.56. The molecule has 1 aromatic carbocycles. The molecule has 2 heterocycles. The molecule has 1 aliphatic heterocycles. The third-order valence-corrected chi connectivity index (χ3v) is 6.87. The number of halogens is 1. The molecule has 1 amide bonds. The van der Waals surface area contributed by atoms with Gasteiger partial charge in [-0.05, 0) is 37.2 Å². The van der Waals surface area contributed by atoms with E-state index in [1.807, 2.05) is 18.1 Å². The van der Waals surface area contributed by atoms with E-state index in [1.54, 1.807) is 22.8 Å². The second kappa shape index (κ2) is 9.02. The van der Waals surface area contributed by atoms with E-state index >= 15 is 0 Å². The first-order valence-corrected chi connectivity index (χ1v) is 10.9. The Kier molecular flexibility index (Phi) is 6.66. The number of amides is 1. The van der Waals surface area contributed by atoms with Gasteiger partial charge in [0.05, 0.1) is 17.6 Å². The third-order valence-electron chi connectivity index (χ3n) is 4.96. The van der Waals surface area contributed by atoms with Gasteiger partial charge in [-0.3, -0.25) is 14.4 Å². The Morgan fingerprint density at radius 2 is 1.90 bits per heavy atom. The van der Waals surface area contributed by atoms with Gasteiger partial charge in [-0.15, -0.1) is 0 Å². The average molecular weight is 424 g/mol. The lowest BCUT2D eigenvalue weighted by molar-refractivity contribution is -0.131. The summed E-state index contributed by atoms with van der Waals surface area (Å²) in [6.07, 6.45) is 4.22. The van der Waals surface area contributed by atoms with Gasteiger partial charge in [0.15, 0.2) is 0 Å². The van der Waals surface area contributed by atoms with Crippen molar-refractivity contribution in [2.45, 2.75) is 17.9 Å². The van der Waals surface area contributed by atoms with E-state index in [-0.39, 0.29) is 17.3 Å². The summed E-state index contributed by atoms with van der Waals surface area (Å²) in [6.45, 7) is 2.48. The smallest absolute Gasteiger partial charge is 0.243 e. The topological polar surface area (TPSA) is 78.8 Å². The molecule has 29 heavy (non-hydrogen) atoms. The van der Waals surface area contributed by atoms with Crippen LogP contribution in [0.25, 0.3) is 0 Å². The summed E-state index contributed by atoms with van der Waals surface area (Å²) in [5, 5.41) is 4.10. The molecule has 0 saturated carbocycles. The average Bonchev–Trinajstić information content (AvgIpc) is 2.94. The van der Waals surface area contributed by atoms with Crippen molar-refractivity contribution >= 4 is 15.9 Å². The first kappa shape index (κ1) is 21.4. The fraction of sp³-hybridized carbons (Fsp3) is 0.474. The Labute approximate surface area is 170 Å². The lowest BCUT2D eigenvalue weighted by Gasteiger charge is -2.24. The SMILES string of the molecule is CN(Cc1cnn(C)c1)C(=O)CN1CCCN(S(=O)(=O)c2ccc(F)cc2)CC1. The molecule has 0 spiro atoms. The molecule has 158 valence electrons. The predicted octanol–water partition coefficient (Wildman–Crippen LogP) is 0.914. The van der Waals surface area contributed by atoms with Crippen molar-refractivity contribution in [1.82, 2.24) is 23.9 Å². The maximum absolute atomic E-state index is 13.1. The standard InChI is InChI=1S/C19H26FN5O3S/c1-22(13-16-12-21-23(2)14-16)19(26)15-24-8-3-9-25(11-10-24)29(27,28)18-6-4-17(20)5-7-18/h4-7,12,14H,3,8-11,13,15H2,1-2H3. The highest BCUT2D eigenvalue weighted by Crippen LogP contribution is 2.18. The Morgan fingerprint density at radius 3 is 2.55 bits per heavy atom. The number of rotatable bonds is 6. The third kappa shape index (κ3) is 5.40. The first-order valence-electron chi connectivity index (χ1n) is 9.45. The van der Waals surface area contributed by atoms with E-state index in [0.29, 0.717) is 39.1 Å².